The quantitative estimate of drug-likeness (QED) is 0.155. The minimum atomic E-state index is -0.539. The predicted octanol–water partition coefficient (Wildman–Crippen LogP) is 18.8. The van der Waals surface area contributed by atoms with Gasteiger partial charge in [-0.15, -0.1) is 0 Å². The molecular formula is C71H46N2. The molecule has 73 heavy (non-hydrogen) atoms. The van der Waals surface area contributed by atoms with Crippen LogP contribution < -0.4 is 4.90 Å². The van der Waals surface area contributed by atoms with E-state index < -0.39 is 5.41 Å². The third-order valence-electron chi connectivity index (χ3n) is 15.8. The molecule has 0 saturated carbocycles. The maximum atomic E-state index is 2.53. The van der Waals surface area contributed by atoms with Crippen molar-refractivity contribution in [2.75, 3.05) is 4.90 Å². The van der Waals surface area contributed by atoms with Gasteiger partial charge in [0.1, 0.15) is 0 Å². The molecule has 2 heteroatoms. The zero-order chi connectivity index (χ0) is 48.0. The highest BCUT2D eigenvalue weighted by Gasteiger charge is 2.51. The van der Waals surface area contributed by atoms with Crippen LogP contribution in [0, 0.1) is 0 Å². The van der Waals surface area contributed by atoms with Gasteiger partial charge < -0.3 is 9.47 Å². The summed E-state index contributed by atoms with van der Waals surface area (Å²) in [4.78, 5) is 2.47. The number of anilines is 3. The van der Waals surface area contributed by atoms with Gasteiger partial charge in [0.25, 0.3) is 0 Å². The first kappa shape index (κ1) is 41.3. The molecule has 2 nitrogen and oxygen atoms in total. The second kappa shape index (κ2) is 16.3. The maximum Gasteiger partial charge on any atom is 0.0754 e. The second-order valence-corrected chi connectivity index (χ2v) is 19.5. The van der Waals surface area contributed by atoms with E-state index >= 15 is 0 Å². The molecule has 1 atom stereocenters. The summed E-state index contributed by atoms with van der Waals surface area (Å²) in [5, 5.41) is 4.94. The van der Waals surface area contributed by atoms with Gasteiger partial charge in [-0.05, 0) is 126 Å². The van der Waals surface area contributed by atoms with E-state index in [1.807, 2.05) is 0 Å². The molecule has 1 unspecified atom stereocenters. The predicted molar refractivity (Wildman–Crippen MR) is 306 cm³/mol. The highest BCUT2D eigenvalue weighted by Crippen LogP contribution is 2.61. The van der Waals surface area contributed by atoms with Crippen LogP contribution in [0.5, 0.6) is 0 Å². The van der Waals surface area contributed by atoms with Crippen molar-refractivity contribution in [2.24, 2.45) is 0 Å². The van der Waals surface area contributed by atoms with E-state index in [-0.39, 0.29) is 0 Å². The highest BCUT2D eigenvalue weighted by molar-refractivity contribution is 6.13. The number of hydrogen-bond donors (Lipinski definition) is 0. The molecule has 12 aromatic carbocycles. The number of fused-ring (bicyclic) bond motifs is 13. The Morgan fingerprint density at radius 2 is 0.808 bits per heavy atom. The molecule has 0 bridgehead atoms. The summed E-state index contributed by atoms with van der Waals surface area (Å²) in [5.41, 5.74) is 23.9. The lowest BCUT2D eigenvalue weighted by Gasteiger charge is -2.39. The van der Waals surface area contributed by atoms with Crippen LogP contribution in [-0.4, -0.2) is 4.57 Å². The van der Waals surface area contributed by atoms with Gasteiger partial charge in [-0.25, -0.2) is 0 Å². The van der Waals surface area contributed by atoms with E-state index in [2.05, 4.69) is 289 Å². The van der Waals surface area contributed by atoms with E-state index in [1.54, 1.807) is 0 Å². The molecule has 15 rings (SSSR count). The fourth-order valence-corrected chi connectivity index (χ4v) is 12.7. The van der Waals surface area contributed by atoms with Crippen molar-refractivity contribution in [1.29, 1.82) is 0 Å². The summed E-state index contributed by atoms with van der Waals surface area (Å²) in [7, 11) is 0. The first-order chi connectivity index (χ1) is 36.2. The Kier molecular flexibility index (Phi) is 9.21. The van der Waals surface area contributed by atoms with Crippen LogP contribution >= 0.6 is 0 Å². The topological polar surface area (TPSA) is 8.17 Å². The van der Waals surface area contributed by atoms with E-state index in [0.717, 1.165) is 28.2 Å². The zero-order valence-electron chi connectivity index (χ0n) is 40.0. The molecule has 13 aromatic rings. The molecule has 0 amide bonds. The maximum absolute atomic E-state index is 2.53. The number of rotatable bonds is 7. The molecule has 2 heterocycles. The molecule has 0 fully saturated rings. The minimum Gasteiger partial charge on any atom is -0.309 e. The second-order valence-electron chi connectivity index (χ2n) is 19.5. The Hall–Kier alpha value is -9.50. The van der Waals surface area contributed by atoms with Crippen LogP contribution in [0.3, 0.4) is 0 Å². The summed E-state index contributed by atoms with van der Waals surface area (Å²) in [5.74, 6) is 0. The summed E-state index contributed by atoms with van der Waals surface area (Å²) >= 11 is 0. The van der Waals surface area contributed by atoms with E-state index in [1.165, 1.54) is 105 Å². The van der Waals surface area contributed by atoms with Crippen molar-refractivity contribution < 1.29 is 0 Å². The SMILES string of the molecule is c1ccc(-c2ccc(N(c3ccccc3-c3cccc(-c4ccccc4)c3)c3ccc(-c4ccc5c(c4)C4(c6ccccc6-5)c5ccccc5-n5c6ccccc6c6cccc4c65)c4ccccc34)cc2)cc1. The van der Waals surface area contributed by atoms with Gasteiger partial charge in [-0.1, -0.05) is 231 Å². The molecule has 2 aliphatic rings. The molecular weight excluding hydrogens is 881 g/mol. The standard InChI is InChI=1S/C71H46N2/c1-3-19-47(20-4-1)49-37-40-53(41-38-49)72(66-34-14-10-25-55(66)51-24-17-23-50(45-51)48-21-5-2-6-22-48)68-44-43-54(56-26-7-8-28-59(56)68)52-39-42-58-57-27-9-12-31-62(57)71(65(58)46-52)63-32-13-16-36-69(63)73-67-35-15-11-29-60(67)61-30-18-33-64(71)70(61)73/h1-46H. The van der Waals surface area contributed by atoms with Crippen LogP contribution in [0.25, 0.3) is 93.9 Å². The Balaban J connectivity index is 0.941. The van der Waals surface area contributed by atoms with E-state index in [9.17, 15) is 0 Å². The summed E-state index contributed by atoms with van der Waals surface area (Å²) in [6.07, 6.45) is 0. The zero-order valence-corrected chi connectivity index (χ0v) is 40.0. The van der Waals surface area contributed by atoms with Crippen molar-refractivity contribution in [3.05, 3.63) is 301 Å². The van der Waals surface area contributed by atoms with Gasteiger partial charge in [-0.2, -0.15) is 0 Å². The van der Waals surface area contributed by atoms with Crippen LogP contribution in [0.2, 0.25) is 0 Å². The average Bonchev–Trinajstić information content (AvgIpc) is 4.00. The fourth-order valence-electron chi connectivity index (χ4n) is 12.7. The number of para-hydroxylation sites is 4. The van der Waals surface area contributed by atoms with Crippen molar-refractivity contribution >= 4 is 49.6 Å². The van der Waals surface area contributed by atoms with Gasteiger partial charge in [0.15, 0.2) is 0 Å². The summed E-state index contributed by atoms with van der Waals surface area (Å²) in [6, 6.07) is 103. The number of aromatic nitrogens is 1. The number of hydrogen-bond acceptors (Lipinski definition) is 1. The highest BCUT2D eigenvalue weighted by atomic mass is 15.1. The molecule has 1 aliphatic carbocycles. The van der Waals surface area contributed by atoms with Gasteiger partial charge in [0.2, 0.25) is 0 Å². The molecule has 340 valence electrons. The van der Waals surface area contributed by atoms with E-state index in [0.29, 0.717) is 0 Å². The van der Waals surface area contributed by atoms with Crippen molar-refractivity contribution in [1.82, 2.24) is 4.57 Å². The minimum absolute atomic E-state index is 0.539. The van der Waals surface area contributed by atoms with Gasteiger partial charge in [0.05, 0.1) is 33.5 Å². The Labute approximate surface area is 425 Å². The van der Waals surface area contributed by atoms with Crippen molar-refractivity contribution in [3.63, 3.8) is 0 Å². The third kappa shape index (κ3) is 6.11. The smallest absolute Gasteiger partial charge is 0.0754 e. The normalized spacial score (nSPS) is 14.1. The monoisotopic (exact) mass is 926 g/mol. The molecule has 1 aromatic heterocycles. The Bertz CT molecular complexity index is 4320. The van der Waals surface area contributed by atoms with Gasteiger partial charge in [-0.3, -0.25) is 0 Å². The van der Waals surface area contributed by atoms with Crippen LogP contribution in [0.1, 0.15) is 22.3 Å². The molecule has 0 radical (unpaired) electrons. The number of nitrogens with zero attached hydrogens (tertiary/aromatic N) is 2. The fraction of sp³-hybridized carbons (Fsp3) is 0.0141. The van der Waals surface area contributed by atoms with E-state index in [4.69, 9.17) is 0 Å². The first-order valence-electron chi connectivity index (χ1n) is 25.3. The Morgan fingerprint density at radius 3 is 1.63 bits per heavy atom. The largest absolute Gasteiger partial charge is 0.309 e. The number of benzene rings is 12. The van der Waals surface area contributed by atoms with Crippen molar-refractivity contribution in [2.45, 2.75) is 5.41 Å². The lowest BCUT2D eigenvalue weighted by atomic mass is 9.65. The molecule has 0 N–H and O–H groups in total. The molecule has 1 aliphatic heterocycles. The average molecular weight is 927 g/mol. The molecule has 0 saturated heterocycles. The third-order valence-corrected chi connectivity index (χ3v) is 15.8. The lowest BCUT2D eigenvalue weighted by molar-refractivity contribution is 0.749. The summed E-state index contributed by atoms with van der Waals surface area (Å²) in [6.45, 7) is 0. The van der Waals surface area contributed by atoms with Gasteiger partial charge in [0, 0.05) is 27.4 Å². The lowest BCUT2D eigenvalue weighted by Crippen LogP contribution is -2.33. The van der Waals surface area contributed by atoms with Crippen LogP contribution in [0.15, 0.2) is 279 Å². The van der Waals surface area contributed by atoms with Crippen molar-refractivity contribution in [3.8, 4) is 61.3 Å². The van der Waals surface area contributed by atoms with Crippen LogP contribution in [-0.2, 0) is 5.41 Å². The van der Waals surface area contributed by atoms with Crippen LogP contribution in [0.4, 0.5) is 17.1 Å². The summed E-state index contributed by atoms with van der Waals surface area (Å²) < 4.78 is 2.52. The first-order valence-corrected chi connectivity index (χ1v) is 25.3. The molecule has 1 spiro atoms. The Morgan fingerprint density at radius 1 is 0.274 bits per heavy atom. The van der Waals surface area contributed by atoms with Gasteiger partial charge >= 0.3 is 0 Å².